The minimum absolute atomic E-state index is 0.00728. The molecule has 4 rings (SSSR count). The Bertz CT molecular complexity index is 1340. The quantitative estimate of drug-likeness (QED) is 0.465. The second-order valence-electron chi connectivity index (χ2n) is 6.17. The van der Waals surface area contributed by atoms with Crippen molar-refractivity contribution in [3.05, 3.63) is 82.6 Å². The minimum atomic E-state index is -4.00. The van der Waals surface area contributed by atoms with Gasteiger partial charge in [0, 0.05) is 21.9 Å². The number of anilines is 2. The normalized spacial score (nSPS) is 11.4. The predicted octanol–water partition coefficient (Wildman–Crippen LogP) is 4.09. The molecule has 2 aromatic carbocycles. The molecule has 0 saturated carbocycles. The number of benzene rings is 2. The molecule has 8 nitrogen and oxygen atoms in total. The molecule has 0 aliphatic carbocycles. The number of nitrogens with one attached hydrogen (secondary N) is 2. The Morgan fingerprint density at radius 2 is 1.70 bits per heavy atom. The van der Waals surface area contributed by atoms with Crippen molar-refractivity contribution in [3.63, 3.8) is 0 Å². The molecule has 0 spiro atoms. The largest absolute Gasteiger partial charge is 0.322 e. The Morgan fingerprint density at radius 3 is 2.40 bits per heavy atom. The summed E-state index contributed by atoms with van der Waals surface area (Å²) in [4.78, 5) is 16.7. The highest BCUT2D eigenvalue weighted by atomic mass is 35.5. The van der Waals surface area contributed by atoms with E-state index in [-0.39, 0.29) is 32.0 Å². The molecule has 0 radical (unpaired) electrons. The molecular weight excluding hydrogens is 449 g/mol. The highest BCUT2D eigenvalue weighted by molar-refractivity contribution is 7.92. The number of rotatable bonds is 5. The molecule has 0 aliphatic heterocycles. The van der Waals surface area contributed by atoms with Crippen molar-refractivity contribution in [1.29, 1.82) is 0 Å². The SMILES string of the molecule is O=C(Nc1ccccc1)c1cnn2ccc(NS(=O)(=O)c3cc(Cl)cc(Cl)c3)nc12. The molecule has 0 unspecified atom stereocenters. The van der Waals surface area contributed by atoms with Gasteiger partial charge in [0.2, 0.25) is 0 Å². The molecule has 1 amide bonds. The zero-order valence-corrected chi connectivity index (χ0v) is 17.4. The maximum Gasteiger partial charge on any atom is 0.263 e. The highest BCUT2D eigenvalue weighted by Gasteiger charge is 2.19. The topological polar surface area (TPSA) is 105 Å². The summed E-state index contributed by atoms with van der Waals surface area (Å²) >= 11 is 11.8. The van der Waals surface area contributed by atoms with Gasteiger partial charge in [-0.05, 0) is 36.4 Å². The van der Waals surface area contributed by atoms with Crippen LogP contribution in [0.5, 0.6) is 0 Å². The van der Waals surface area contributed by atoms with Crippen LogP contribution in [-0.2, 0) is 10.0 Å². The Morgan fingerprint density at radius 1 is 1.00 bits per heavy atom. The van der Waals surface area contributed by atoms with E-state index in [4.69, 9.17) is 23.2 Å². The summed E-state index contributed by atoms with van der Waals surface area (Å²) in [5, 5.41) is 7.19. The molecule has 2 N–H and O–H groups in total. The van der Waals surface area contributed by atoms with E-state index >= 15 is 0 Å². The first-order chi connectivity index (χ1) is 14.3. The Kier molecular flexibility index (Phi) is 5.33. The summed E-state index contributed by atoms with van der Waals surface area (Å²) in [6.45, 7) is 0. The number of carbonyl (C=O) groups excluding carboxylic acids is 1. The third-order valence-corrected chi connectivity index (χ3v) is 5.80. The molecule has 152 valence electrons. The highest BCUT2D eigenvalue weighted by Crippen LogP contribution is 2.24. The summed E-state index contributed by atoms with van der Waals surface area (Å²) < 4.78 is 29.1. The predicted molar refractivity (Wildman–Crippen MR) is 115 cm³/mol. The molecule has 0 saturated heterocycles. The first-order valence-electron chi connectivity index (χ1n) is 8.51. The lowest BCUT2D eigenvalue weighted by molar-refractivity contribution is 0.102. The standard InChI is InChI=1S/C19H13Cl2N5O3S/c20-12-8-13(21)10-15(9-12)30(28,29)25-17-6-7-26-18(24-17)16(11-22-26)19(27)23-14-4-2-1-3-5-14/h1-11H,(H,23,27)(H,24,25). The van der Waals surface area contributed by atoms with E-state index in [2.05, 4.69) is 20.1 Å². The van der Waals surface area contributed by atoms with E-state index in [1.54, 1.807) is 24.3 Å². The first kappa shape index (κ1) is 20.1. The van der Waals surface area contributed by atoms with E-state index in [1.807, 2.05) is 6.07 Å². The van der Waals surface area contributed by atoms with Crippen molar-refractivity contribution in [3.8, 4) is 0 Å². The number of nitrogens with zero attached hydrogens (tertiary/aromatic N) is 3. The van der Waals surface area contributed by atoms with Crippen LogP contribution in [0.25, 0.3) is 5.65 Å². The van der Waals surface area contributed by atoms with E-state index in [0.717, 1.165) is 0 Å². The van der Waals surface area contributed by atoms with E-state index < -0.39 is 15.9 Å². The number of hydrogen-bond donors (Lipinski definition) is 2. The van der Waals surface area contributed by atoms with Crippen molar-refractivity contribution in [1.82, 2.24) is 14.6 Å². The number of hydrogen-bond acceptors (Lipinski definition) is 5. The van der Waals surface area contributed by atoms with Crippen LogP contribution in [0.1, 0.15) is 10.4 Å². The second-order valence-corrected chi connectivity index (χ2v) is 8.73. The summed E-state index contributed by atoms with van der Waals surface area (Å²) in [6, 6.07) is 14.3. The van der Waals surface area contributed by atoms with Gasteiger partial charge in [-0.3, -0.25) is 9.52 Å². The lowest BCUT2D eigenvalue weighted by Gasteiger charge is -2.09. The van der Waals surface area contributed by atoms with Crippen LogP contribution in [-0.4, -0.2) is 28.9 Å². The molecule has 0 fully saturated rings. The number of fused-ring (bicyclic) bond motifs is 1. The third kappa shape index (κ3) is 4.23. The van der Waals surface area contributed by atoms with Crippen molar-refractivity contribution < 1.29 is 13.2 Å². The van der Waals surface area contributed by atoms with E-state index in [0.29, 0.717) is 5.69 Å². The molecule has 4 aromatic rings. The lowest BCUT2D eigenvalue weighted by Crippen LogP contribution is -2.15. The zero-order chi connectivity index (χ0) is 21.3. The summed E-state index contributed by atoms with van der Waals surface area (Å²) in [6.07, 6.45) is 2.85. The van der Waals surface area contributed by atoms with E-state index in [9.17, 15) is 13.2 Å². The Balaban J connectivity index is 1.65. The van der Waals surface area contributed by atoms with Crippen LogP contribution in [0, 0.1) is 0 Å². The number of para-hydroxylation sites is 1. The van der Waals surface area contributed by atoms with Gasteiger partial charge in [-0.25, -0.2) is 17.9 Å². The van der Waals surface area contributed by atoms with Gasteiger partial charge in [0.15, 0.2) is 5.65 Å². The van der Waals surface area contributed by atoms with Crippen molar-refractivity contribution in [2.24, 2.45) is 0 Å². The van der Waals surface area contributed by atoms with Gasteiger partial charge in [0.1, 0.15) is 11.4 Å². The van der Waals surface area contributed by atoms with Crippen LogP contribution in [0.4, 0.5) is 11.5 Å². The minimum Gasteiger partial charge on any atom is -0.322 e. The molecule has 0 atom stereocenters. The molecule has 2 heterocycles. The smallest absolute Gasteiger partial charge is 0.263 e. The maximum absolute atomic E-state index is 12.7. The number of aromatic nitrogens is 3. The number of amides is 1. The van der Waals surface area contributed by atoms with Crippen LogP contribution in [0.2, 0.25) is 10.0 Å². The van der Waals surface area contributed by atoms with Gasteiger partial charge in [-0.2, -0.15) is 5.10 Å². The van der Waals surface area contributed by atoms with Gasteiger partial charge in [-0.1, -0.05) is 41.4 Å². The molecule has 2 aromatic heterocycles. The molecule has 30 heavy (non-hydrogen) atoms. The van der Waals surface area contributed by atoms with Gasteiger partial charge >= 0.3 is 0 Å². The van der Waals surface area contributed by atoms with Gasteiger partial charge < -0.3 is 5.32 Å². The van der Waals surface area contributed by atoms with Crippen molar-refractivity contribution in [2.75, 3.05) is 10.0 Å². The second kappa shape index (κ2) is 7.94. The molecule has 0 aliphatic rings. The Hall–Kier alpha value is -3.14. The van der Waals surface area contributed by atoms with Crippen LogP contribution < -0.4 is 10.0 Å². The van der Waals surface area contributed by atoms with Crippen LogP contribution in [0.15, 0.2) is 71.9 Å². The fraction of sp³-hybridized carbons (Fsp3) is 0. The van der Waals surface area contributed by atoms with Gasteiger partial charge in [0.05, 0.1) is 11.1 Å². The Labute approximate surface area is 181 Å². The number of carbonyl (C=O) groups is 1. The van der Waals surface area contributed by atoms with Crippen LogP contribution in [0.3, 0.4) is 0 Å². The molecule has 11 heteroatoms. The summed E-state index contributed by atoms with van der Waals surface area (Å²) in [5.41, 5.74) is 0.981. The third-order valence-electron chi connectivity index (χ3n) is 4.03. The van der Waals surface area contributed by atoms with Gasteiger partial charge in [0.25, 0.3) is 15.9 Å². The van der Waals surface area contributed by atoms with Crippen molar-refractivity contribution >= 4 is 56.3 Å². The average Bonchev–Trinajstić information content (AvgIpc) is 3.11. The fourth-order valence-electron chi connectivity index (χ4n) is 2.69. The number of halogens is 2. The fourth-order valence-corrected chi connectivity index (χ4v) is 4.41. The van der Waals surface area contributed by atoms with Crippen LogP contribution >= 0.6 is 23.2 Å². The monoisotopic (exact) mass is 461 g/mol. The summed E-state index contributed by atoms with van der Waals surface area (Å²) in [5.74, 6) is -0.418. The van der Waals surface area contributed by atoms with Crippen molar-refractivity contribution in [2.45, 2.75) is 4.90 Å². The molecule has 0 bridgehead atoms. The zero-order valence-electron chi connectivity index (χ0n) is 15.1. The summed E-state index contributed by atoms with van der Waals surface area (Å²) in [7, 11) is -4.00. The first-order valence-corrected chi connectivity index (χ1v) is 10.8. The maximum atomic E-state index is 12.7. The molecular formula is C19H13Cl2N5O3S. The van der Waals surface area contributed by atoms with E-state index in [1.165, 1.54) is 41.2 Å². The number of sulfonamides is 1. The van der Waals surface area contributed by atoms with Gasteiger partial charge in [-0.15, -0.1) is 0 Å². The lowest BCUT2D eigenvalue weighted by atomic mass is 10.2. The average molecular weight is 462 g/mol.